The number of amides is 3. The molecule has 10 nitrogen and oxygen atoms in total. The van der Waals surface area contributed by atoms with Gasteiger partial charge in [-0.3, -0.25) is 19.3 Å². The van der Waals surface area contributed by atoms with E-state index in [4.69, 9.17) is 0 Å². The number of carbonyl (C=O) groups excluding carboxylic acids is 3. The highest BCUT2D eigenvalue weighted by Crippen LogP contribution is 2.27. The maximum Gasteiger partial charge on any atom is 0.289 e. The molecule has 1 aromatic carbocycles. The zero-order valence-corrected chi connectivity index (χ0v) is 21.7. The van der Waals surface area contributed by atoms with Gasteiger partial charge in [-0.1, -0.05) is 11.6 Å². The van der Waals surface area contributed by atoms with Crippen molar-refractivity contribution in [1.29, 1.82) is 0 Å². The lowest BCUT2D eigenvalue weighted by atomic mass is 9.81. The normalized spacial score (nSPS) is 21.5. The monoisotopic (exact) mass is 503 g/mol. The van der Waals surface area contributed by atoms with Crippen molar-refractivity contribution in [3.63, 3.8) is 0 Å². The molecule has 3 aromatic rings. The van der Waals surface area contributed by atoms with Gasteiger partial charge >= 0.3 is 0 Å². The third kappa shape index (κ3) is 5.20. The van der Waals surface area contributed by atoms with E-state index in [1.54, 1.807) is 25.2 Å². The van der Waals surface area contributed by atoms with Crippen molar-refractivity contribution in [2.45, 2.75) is 51.4 Å². The van der Waals surface area contributed by atoms with Crippen LogP contribution < -0.4 is 10.6 Å². The second-order valence-corrected chi connectivity index (χ2v) is 10.5. The van der Waals surface area contributed by atoms with Crippen LogP contribution in [0.4, 0.5) is 0 Å². The molecular formula is C27H33N7O3. The molecule has 3 heterocycles. The van der Waals surface area contributed by atoms with Crippen molar-refractivity contribution >= 4 is 28.6 Å². The summed E-state index contributed by atoms with van der Waals surface area (Å²) in [7, 11) is 5.46. The standard InChI is InChI=1S/C27H33N7O3/c1-15-5-7-19-17(9-15)11-22(29-19)25(35)31-20-8-6-16(27(37)33(2)3)10-21(20)32-26(36)24-28-12-18-13-34(4)14-23(18)30-24/h5,7,9,11-12,16,20-21,29H,6,8,10,13-14H2,1-4H3,(H,31,35)(H,32,36)/t16-,20-,21+/m0/s1. The average Bonchev–Trinajstić information content (AvgIpc) is 3.45. The zero-order valence-electron chi connectivity index (χ0n) is 21.7. The third-order valence-electron chi connectivity index (χ3n) is 7.31. The van der Waals surface area contributed by atoms with Gasteiger partial charge in [-0.2, -0.15) is 0 Å². The van der Waals surface area contributed by atoms with E-state index in [1.807, 2.05) is 38.2 Å². The minimum absolute atomic E-state index is 0.0202. The van der Waals surface area contributed by atoms with Gasteiger partial charge < -0.3 is 20.5 Å². The number of aryl methyl sites for hydroxylation is 1. The number of fused-ring (bicyclic) bond motifs is 2. The molecule has 1 aliphatic carbocycles. The van der Waals surface area contributed by atoms with Crippen LogP contribution in [0.1, 0.15) is 57.2 Å². The Morgan fingerprint density at radius 2 is 1.84 bits per heavy atom. The number of H-pyrrole nitrogens is 1. The Labute approximate surface area is 215 Å². The first-order valence-electron chi connectivity index (χ1n) is 12.6. The van der Waals surface area contributed by atoms with Crippen LogP contribution in [0.3, 0.4) is 0 Å². The number of nitrogens with one attached hydrogen (secondary N) is 3. The lowest BCUT2D eigenvalue weighted by Crippen LogP contribution is -2.56. The molecule has 1 saturated carbocycles. The smallest absolute Gasteiger partial charge is 0.289 e. The van der Waals surface area contributed by atoms with Crippen molar-refractivity contribution in [1.82, 2.24) is 35.4 Å². The molecule has 0 unspecified atom stereocenters. The van der Waals surface area contributed by atoms with Crippen LogP contribution in [0.5, 0.6) is 0 Å². The van der Waals surface area contributed by atoms with Gasteiger partial charge in [0.15, 0.2) is 0 Å². The van der Waals surface area contributed by atoms with Crippen LogP contribution >= 0.6 is 0 Å². The average molecular weight is 504 g/mol. The van der Waals surface area contributed by atoms with E-state index in [2.05, 4.69) is 30.5 Å². The molecule has 10 heteroatoms. The summed E-state index contributed by atoms with van der Waals surface area (Å²) in [5.41, 5.74) is 4.34. The van der Waals surface area contributed by atoms with Gasteiger partial charge in [0.05, 0.1) is 11.7 Å². The van der Waals surface area contributed by atoms with Crippen molar-refractivity contribution in [3.05, 3.63) is 58.8 Å². The number of hydrogen-bond acceptors (Lipinski definition) is 6. The fourth-order valence-corrected chi connectivity index (χ4v) is 5.37. The van der Waals surface area contributed by atoms with E-state index in [-0.39, 0.29) is 29.6 Å². The maximum atomic E-state index is 13.2. The Balaban J connectivity index is 1.34. The molecule has 2 aromatic heterocycles. The molecule has 0 saturated heterocycles. The van der Waals surface area contributed by atoms with E-state index in [0.717, 1.165) is 34.3 Å². The van der Waals surface area contributed by atoms with Crippen molar-refractivity contribution < 1.29 is 14.4 Å². The molecule has 0 radical (unpaired) electrons. The third-order valence-corrected chi connectivity index (χ3v) is 7.31. The molecular weight excluding hydrogens is 470 g/mol. The molecule has 3 atom stereocenters. The minimum Gasteiger partial charge on any atom is -0.351 e. The molecule has 37 heavy (non-hydrogen) atoms. The lowest BCUT2D eigenvalue weighted by Gasteiger charge is -2.37. The van der Waals surface area contributed by atoms with E-state index < -0.39 is 11.9 Å². The van der Waals surface area contributed by atoms with E-state index >= 15 is 0 Å². The minimum atomic E-state index is -0.440. The van der Waals surface area contributed by atoms with Gasteiger partial charge in [0.2, 0.25) is 11.7 Å². The Morgan fingerprint density at radius 1 is 1.05 bits per heavy atom. The molecule has 194 valence electrons. The Bertz CT molecular complexity index is 1370. The zero-order chi connectivity index (χ0) is 26.3. The van der Waals surface area contributed by atoms with Gasteiger partial charge in [0.25, 0.3) is 11.8 Å². The number of carbonyl (C=O) groups is 3. The van der Waals surface area contributed by atoms with E-state index in [9.17, 15) is 14.4 Å². The number of aromatic amines is 1. The summed E-state index contributed by atoms with van der Waals surface area (Å²) in [4.78, 5) is 54.7. The van der Waals surface area contributed by atoms with Crippen LogP contribution in [-0.4, -0.2) is 75.7 Å². The topological polar surface area (TPSA) is 123 Å². The quantitative estimate of drug-likeness (QED) is 0.489. The second-order valence-electron chi connectivity index (χ2n) is 10.5. The van der Waals surface area contributed by atoms with Crippen LogP contribution in [-0.2, 0) is 17.9 Å². The molecule has 2 aliphatic rings. The Morgan fingerprint density at radius 3 is 2.62 bits per heavy atom. The molecule has 5 rings (SSSR count). The number of rotatable bonds is 5. The predicted molar refractivity (Wildman–Crippen MR) is 139 cm³/mol. The molecule has 3 amide bonds. The van der Waals surface area contributed by atoms with Gasteiger partial charge in [0.1, 0.15) is 5.69 Å². The van der Waals surface area contributed by atoms with Crippen LogP contribution in [0.2, 0.25) is 0 Å². The highest BCUT2D eigenvalue weighted by atomic mass is 16.2. The molecule has 1 fully saturated rings. The SMILES string of the molecule is Cc1ccc2[nH]c(C(=O)N[C@H]3CC[C@H](C(=O)N(C)C)C[C@H]3NC(=O)c3ncc4c(n3)CN(C)C4)cc2c1. The molecule has 3 N–H and O–H groups in total. The molecule has 0 bridgehead atoms. The van der Waals surface area contributed by atoms with Crippen molar-refractivity contribution in [2.75, 3.05) is 21.1 Å². The first-order valence-corrected chi connectivity index (χ1v) is 12.6. The molecule has 0 spiro atoms. The van der Waals surface area contributed by atoms with Crippen molar-refractivity contribution in [2.24, 2.45) is 5.92 Å². The second kappa shape index (κ2) is 9.93. The first kappa shape index (κ1) is 24.9. The summed E-state index contributed by atoms with van der Waals surface area (Å²) in [5, 5.41) is 7.09. The summed E-state index contributed by atoms with van der Waals surface area (Å²) >= 11 is 0. The summed E-state index contributed by atoms with van der Waals surface area (Å²) in [6.07, 6.45) is 3.32. The highest BCUT2D eigenvalue weighted by molar-refractivity contribution is 5.98. The van der Waals surface area contributed by atoms with Crippen LogP contribution in [0.15, 0.2) is 30.5 Å². The van der Waals surface area contributed by atoms with Crippen LogP contribution in [0.25, 0.3) is 10.9 Å². The summed E-state index contributed by atoms with van der Waals surface area (Å²) < 4.78 is 0. The number of benzene rings is 1. The van der Waals surface area contributed by atoms with Gasteiger partial charge in [-0.05, 0) is 51.4 Å². The highest BCUT2D eigenvalue weighted by Gasteiger charge is 2.37. The Kier molecular flexibility index (Phi) is 6.68. The summed E-state index contributed by atoms with van der Waals surface area (Å²) in [6, 6.07) is 7.03. The largest absolute Gasteiger partial charge is 0.351 e. The maximum absolute atomic E-state index is 13.2. The van der Waals surface area contributed by atoms with Gasteiger partial charge in [-0.25, -0.2) is 9.97 Å². The summed E-state index contributed by atoms with van der Waals surface area (Å²) in [6.45, 7) is 3.44. The predicted octanol–water partition coefficient (Wildman–Crippen LogP) is 2.00. The lowest BCUT2D eigenvalue weighted by molar-refractivity contribution is -0.134. The van der Waals surface area contributed by atoms with E-state index in [1.165, 1.54) is 0 Å². The Hall–Kier alpha value is -3.79. The van der Waals surface area contributed by atoms with Gasteiger partial charge in [-0.15, -0.1) is 0 Å². The number of hydrogen-bond donors (Lipinski definition) is 3. The molecule has 1 aliphatic heterocycles. The van der Waals surface area contributed by atoms with Crippen LogP contribution in [0, 0.1) is 12.8 Å². The fourth-order valence-electron chi connectivity index (χ4n) is 5.37. The summed E-state index contributed by atoms with van der Waals surface area (Å²) in [5.74, 6) is -0.759. The first-order chi connectivity index (χ1) is 17.7. The van der Waals surface area contributed by atoms with Crippen molar-refractivity contribution in [3.8, 4) is 0 Å². The number of aromatic nitrogens is 3. The van der Waals surface area contributed by atoms with E-state index in [0.29, 0.717) is 31.5 Å². The number of nitrogens with zero attached hydrogens (tertiary/aromatic N) is 4. The van der Waals surface area contributed by atoms with Gasteiger partial charge in [0, 0.05) is 61.8 Å². The fraction of sp³-hybridized carbons (Fsp3) is 0.444.